The predicted octanol–water partition coefficient (Wildman–Crippen LogP) is 1.71. The van der Waals surface area contributed by atoms with Gasteiger partial charge < -0.3 is 4.90 Å². The molecule has 3 unspecified atom stereocenters. The third-order valence-electron chi connectivity index (χ3n) is 5.39. The van der Waals surface area contributed by atoms with Gasteiger partial charge in [-0.3, -0.25) is 4.31 Å². The zero-order valence-corrected chi connectivity index (χ0v) is 15.2. The van der Waals surface area contributed by atoms with Crippen LogP contribution in [0.3, 0.4) is 0 Å². The molecule has 0 aliphatic carbocycles. The number of anilines is 1. The van der Waals surface area contributed by atoms with Crippen LogP contribution in [0.25, 0.3) is 0 Å². The molecule has 2 heterocycles. The number of nitrogens with zero attached hydrogens (tertiary/aromatic N) is 1. The molecular weight excluding hydrogens is 339 g/mol. The summed E-state index contributed by atoms with van der Waals surface area (Å²) in [5.41, 5.74) is 3.04. The second kappa shape index (κ2) is 5.81. The van der Waals surface area contributed by atoms with Crippen molar-refractivity contribution in [2.24, 2.45) is 0 Å². The Morgan fingerprint density at radius 3 is 2.60 bits per heavy atom. The van der Waals surface area contributed by atoms with Crippen molar-refractivity contribution in [3.63, 3.8) is 0 Å². The van der Waals surface area contributed by atoms with E-state index in [4.69, 9.17) is 0 Å². The van der Waals surface area contributed by atoms with Crippen LogP contribution >= 0.6 is 0 Å². The summed E-state index contributed by atoms with van der Waals surface area (Å²) in [6.07, 6.45) is 0.824. The van der Waals surface area contributed by atoms with Gasteiger partial charge in [0.2, 0.25) is 0 Å². The largest absolute Gasteiger partial charge is 0.337 e. The number of nitrogens with one attached hydrogen (secondary N) is 1. The first-order chi connectivity index (χ1) is 11.9. The van der Waals surface area contributed by atoms with E-state index in [1.54, 1.807) is 4.31 Å². The molecule has 6 heteroatoms. The van der Waals surface area contributed by atoms with Gasteiger partial charge in [0.05, 0.1) is 42.7 Å². The molecule has 1 N–H and O–H groups in total. The Balaban J connectivity index is 1.85. The highest BCUT2D eigenvalue weighted by Crippen LogP contribution is 2.45. The molecule has 1 fully saturated rings. The Hall–Kier alpha value is -1.92. The number of hydrogen-bond donors (Lipinski definition) is 1. The first-order valence-electron chi connectivity index (χ1n) is 8.60. The maximum absolute atomic E-state index is 13.3. The Kier molecular flexibility index (Phi) is 3.85. The van der Waals surface area contributed by atoms with E-state index in [1.165, 1.54) is 29.2 Å². The van der Waals surface area contributed by atoms with Crippen LogP contribution in [0.1, 0.15) is 23.5 Å². The molecule has 1 saturated heterocycles. The number of sulfonamides is 1. The lowest BCUT2D eigenvalue weighted by molar-refractivity contribution is -0.886. The topological polar surface area (TPSA) is 41.8 Å². The van der Waals surface area contributed by atoms with Gasteiger partial charge in [0.15, 0.2) is 0 Å². The van der Waals surface area contributed by atoms with Crippen LogP contribution < -0.4 is 9.21 Å². The first-order valence-corrected chi connectivity index (χ1v) is 10.0. The van der Waals surface area contributed by atoms with Gasteiger partial charge in [0, 0.05) is 6.42 Å². The monoisotopic (exact) mass is 361 g/mol. The summed E-state index contributed by atoms with van der Waals surface area (Å²) in [6, 6.07) is 11.0. The summed E-state index contributed by atoms with van der Waals surface area (Å²) in [5.74, 6) is -0.226. The first kappa shape index (κ1) is 16.5. The molecule has 3 atom stereocenters. The van der Waals surface area contributed by atoms with Crippen LogP contribution in [0, 0.1) is 12.7 Å². The van der Waals surface area contributed by atoms with E-state index in [2.05, 4.69) is 13.1 Å². The minimum atomic E-state index is -3.71. The standard InChI is InChI=1S/C19H21FN2O2S/c1-13-3-8-18-16(11-13)17-12-21(2)10-9-19(17)22(18)25(23,24)15-6-4-14(20)5-7-15/h3-8,11,17,19H,9-10,12H2,1-2H3/p+1. The van der Waals surface area contributed by atoms with E-state index >= 15 is 0 Å². The fourth-order valence-electron chi connectivity index (χ4n) is 4.19. The number of hydrogen-bond acceptors (Lipinski definition) is 2. The minimum absolute atomic E-state index is 0.0597. The van der Waals surface area contributed by atoms with E-state index in [9.17, 15) is 12.8 Å². The van der Waals surface area contributed by atoms with Crippen LogP contribution in [0.4, 0.5) is 10.1 Å². The van der Waals surface area contributed by atoms with Gasteiger partial charge in [-0.15, -0.1) is 0 Å². The second-order valence-electron chi connectivity index (χ2n) is 7.19. The van der Waals surface area contributed by atoms with E-state index < -0.39 is 15.8 Å². The van der Waals surface area contributed by atoms with Crippen LogP contribution in [-0.4, -0.2) is 34.6 Å². The highest BCUT2D eigenvalue weighted by molar-refractivity contribution is 7.92. The molecule has 0 spiro atoms. The maximum Gasteiger partial charge on any atom is 0.264 e. The van der Waals surface area contributed by atoms with Crippen molar-refractivity contribution in [1.29, 1.82) is 0 Å². The number of likely N-dealkylation sites (tertiary alicyclic amines) is 1. The maximum atomic E-state index is 13.3. The van der Waals surface area contributed by atoms with Crippen LogP contribution in [0.15, 0.2) is 47.4 Å². The van der Waals surface area contributed by atoms with E-state index in [0.29, 0.717) is 0 Å². The number of likely N-dealkylation sites (N-methyl/N-ethyl adjacent to an activating group) is 1. The third-order valence-corrected chi connectivity index (χ3v) is 7.24. The lowest BCUT2D eigenvalue weighted by Crippen LogP contribution is -3.11. The summed E-state index contributed by atoms with van der Waals surface area (Å²) in [5, 5.41) is 0. The Morgan fingerprint density at radius 2 is 1.88 bits per heavy atom. The normalized spacial score (nSPS) is 25.6. The minimum Gasteiger partial charge on any atom is -0.337 e. The van der Waals surface area contributed by atoms with Crippen molar-refractivity contribution in [2.45, 2.75) is 30.2 Å². The van der Waals surface area contributed by atoms with Crippen molar-refractivity contribution in [2.75, 3.05) is 24.4 Å². The Labute approximate surface area is 147 Å². The molecular formula is C19H22FN2O2S+. The van der Waals surface area contributed by atoms with E-state index in [0.717, 1.165) is 36.3 Å². The average Bonchev–Trinajstić information content (AvgIpc) is 2.89. The fourth-order valence-corrected chi connectivity index (χ4v) is 5.93. The molecule has 2 aromatic rings. The van der Waals surface area contributed by atoms with Crippen molar-refractivity contribution >= 4 is 15.7 Å². The molecule has 0 amide bonds. The Morgan fingerprint density at radius 1 is 1.16 bits per heavy atom. The predicted molar refractivity (Wildman–Crippen MR) is 95.0 cm³/mol. The molecule has 2 aromatic carbocycles. The highest BCUT2D eigenvalue weighted by atomic mass is 32.2. The van der Waals surface area contributed by atoms with Gasteiger partial charge in [0.25, 0.3) is 10.0 Å². The van der Waals surface area contributed by atoms with Gasteiger partial charge in [-0.05, 0) is 42.8 Å². The fraction of sp³-hybridized carbons (Fsp3) is 0.368. The van der Waals surface area contributed by atoms with Crippen molar-refractivity contribution in [3.8, 4) is 0 Å². The summed E-state index contributed by atoms with van der Waals surface area (Å²) >= 11 is 0. The summed E-state index contributed by atoms with van der Waals surface area (Å²) in [7, 11) is -1.56. The third kappa shape index (κ3) is 2.64. The summed E-state index contributed by atoms with van der Waals surface area (Å²) < 4.78 is 41.5. The average molecular weight is 361 g/mol. The second-order valence-corrected chi connectivity index (χ2v) is 9.01. The molecule has 2 aliphatic rings. The molecule has 4 nitrogen and oxygen atoms in total. The molecule has 132 valence electrons. The zero-order valence-electron chi connectivity index (χ0n) is 14.4. The van der Waals surface area contributed by atoms with Gasteiger partial charge in [0.1, 0.15) is 5.82 Å². The molecule has 2 aliphatic heterocycles. The molecule has 4 rings (SSSR count). The van der Waals surface area contributed by atoms with Crippen molar-refractivity contribution in [1.82, 2.24) is 0 Å². The number of piperidine rings is 1. The van der Waals surface area contributed by atoms with Gasteiger partial charge in [-0.25, -0.2) is 12.8 Å². The number of fused-ring (bicyclic) bond motifs is 3. The van der Waals surface area contributed by atoms with E-state index in [1.807, 2.05) is 19.1 Å². The summed E-state index contributed by atoms with van der Waals surface area (Å²) in [4.78, 5) is 1.57. The van der Waals surface area contributed by atoms with Crippen LogP contribution in [0.5, 0.6) is 0 Å². The lowest BCUT2D eigenvalue weighted by Gasteiger charge is -2.34. The molecule has 0 aromatic heterocycles. The number of halogens is 1. The SMILES string of the molecule is Cc1ccc2c(c1)C1C[NH+](C)CCC1N2S(=O)(=O)c1ccc(F)cc1. The van der Waals surface area contributed by atoms with Crippen LogP contribution in [-0.2, 0) is 10.0 Å². The summed E-state index contributed by atoms with van der Waals surface area (Å²) in [6.45, 7) is 3.91. The number of benzene rings is 2. The quantitative estimate of drug-likeness (QED) is 0.885. The molecule has 0 bridgehead atoms. The van der Waals surface area contributed by atoms with E-state index in [-0.39, 0.29) is 16.9 Å². The van der Waals surface area contributed by atoms with Crippen molar-refractivity contribution < 1.29 is 17.7 Å². The van der Waals surface area contributed by atoms with Crippen LogP contribution in [0.2, 0.25) is 0 Å². The Bertz CT molecular complexity index is 912. The zero-order chi connectivity index (χ0) is 17.8. The number of rotatable bonds is 2. The number of aryl methyl sites for hydroxylation is 1. The number of quaternary nitrogens is 1. The molecule has 0 saturated carbocycles. The van der Waals surface area contributed by atoms with Gasteiger partial charge >= 0.3 is 0 Å². The highest BCUT2D eigenvalue weighted by Gasteiger charge is 2.48. The lowest BCUT2D eigenvalue weighted by atomic mass is 9.89. The molecule has 25 heavy (non-hydrogen) atoms. The van der Waals surface area contributed by atoms with Gasteiger partial charge in [-0.2, -0.15) is 0 Å². The van der Waals surface area contributed by atoms with Gasteiger partial charge in [-0.1, -0.05) is 17.7 Å². The van der Waals surface area contributed by atoms with Crippen molar-refractivity contribution in [3.05, 3.63) is 59.4 Å². The smallest absolute Gasteiger partial charge is 0.264 e. The molecule has 0 radical (unpaired) electrons.